The first-order valence-corrected chi connectivity index (χ1v) is 6.22. The molecular formula is C13H17F3N2O2. The number of amides is 1. The van der Waals surface area contributed by atoms with Crippen LogP contribution < -0.4 is 10.6 Å². The maximum Gasteiger partial charge on any atom is 0.471 e. The Morgan fingerprint density at radius 1 is 1.25 bits per heavy atom. The highest BCUT2D eigenvalue weighted by Gasteiger charge is 2.38. The molecule has 0 aliphatic heterocycles. The number of anilines is 1. The number of carbonyl (C=O) groups is 1. The van der Waals surface area contributed by atoms with E-state index in [1.807, 2.05) is 5.32 Å². The van der Waals surface area contributed by atoms with E-state index < -0.39 is 12.1 Å². The van der Waals surface area contributed by atoms with E-state index in [0.717, 1.165) is 12.0 Å². The minimum atomic E-state index is -4.89. The highest BCUT2D eigenvalue weighted by Crippen LogP contribution is 2.18. The van der Waals surface area contributed by atoms with Crippen molar-refractivity contribution in [2.45, 2.75) is 25.6 Å². The number of nitrogens with one attached hydrogen (secondary N) is 2. The van der Waals surface area contributed by atoms with Gasteiger partial charge in [0.2, 0.25) is 0 Å². The van der Waals surface area contributed by atoms with E-state index in [2.05, 4.69) is 5.32 Å². The number of aliphatic hydroxyl groups is 1. The number of benzene rings is 1. The second-order valence-electron chi connectivity index (χ2n) is 4.26. The van der Waals surface area contributed by atoms with Gasteiger partial charge in [-0.15, -0.1) is 0 Å². The van der Waals surface area contributed by atoms with E-state index in [4.69, 9.17) is 5.11 Å². The van der Waals surface area contributed by atoms with Gasteiger partial charge in [-0.05, 0) is 37.1 Å². The quantitative estimate of drug-likeness (QED) is 0.674. The Hall–Kier alpha value is -1.60. The highest BCUT2D eigenvalue weighted by molar-refractivity contribution is 5.94. The monoisotopic (exact) mass is 290 g/mol. The molecule has 7 heteroatoms. The average Bonchev–Trinajstić information content (AvgIpc) is 2.38. The molecule has 0 aromatic heterocycles. The Morgan fingerprint density at radius 2 is 2.00 bits per heavy atom. The Bertz CT molecular complexity index is 436. The largest absolute Gasteiger partial charge is 0.471 e. The molecule has 0 unspecified atom stereocenters. The first-order valence-electron chi connectivity index (χ1n) is 6.22. The Labute approximate surface area is 115 Å². The van der Waals surface area contributed by atoms with Gasteiger partial charge in [-0.3, -0.25) is 4.79 Å². The van der Waals surface area contributed by atoms with E-state index in [1.54, 1.807) is 12.1 Å². The second-order valence-corrected chi connectivity index (χ2v) is 4.26. The molecule has 3 N–H and O–H groups in total. The number of unbranched alkanes of at least 4 members (excludes halogenated alkanes) is 1. The first-order chi connectivity index (χ1) is 9.43. The smallest absolute Gasteiger partial charge is 0.396 e. The van der Waals surface area contributed by atoms with E-state index in [9.17, 15) is 18.0 Å². The molecule has 0 aliphatic carbocycles. The van der Waals surface area contributed by atoms with Crippen LogP contribution in [-0.4, -0.2) is 30.3 Å². The van der Waals surface area contributed by atoms with Crippen LogP contribution >= 0.6 is 0 Å². The molecule has 1 aromatic rings. The summed E-state index contributed by atoms with van der Waals surface area (Å²) in [4.78, 5) is 10.8. The summed E-state index contributed by atoms with van der Waals surface area (Å²) in [7, 11) is 0. The van der Waals surface area contributed by atoms with Crippen molar-refractivity contribution in [2.24, 2.45) is 0 Å². The molecule has 0 radical (unpaired) electrons. The molecule has 112 valence electrons. The predicted octanol–water partition coefficient (Wildman–Crippen LogP) is 2.05. The lowest BCUT2D eigenvalue weighted by Gasteiger charge is -2.10. The van der Waals surface area contributed by atoms with Crippen LogP contribution in [0.2, 0.25) is 0 Å². The molecular weight excluding hydrogens is 273 g/mol. The zero-order valence-corrected chi connectivity index (χ0v) is 10.8. The van der Waals surface area contributed by atoms with Crippen molar-refractivity contribution in [2.75, 3.05) is 18.5 Å². The predicted molar refractivity (Wildman–Crippen MR) is 69.2 cm³/mol. The van der Waals surface area contributed by atoms with Crippen LogP contribution in [0, 0.1) is 0 Å². The van der Waals surface area contributed by atoms with Gasteiger partial charge in [0, 0.05) is 18.8 Å². The summed E-state index contributed by atoms with van der Waals surface area (Å²) in [5, 5.41) is 13.5. The van der Waals surface area contributed by atoms with Gasteiger partial charge < -0.3 is 15.7 Å². The van der Waals surface area contributed by atoms with Crippen LogP contribution in [0.4, 0.5) is 18.9 Å². The van der Waals surface area contributed by atoms with E-state index in [-0.39, 0.29) is 12.3 Å². The summed E-state index contributed by atoms with van der Waals surface area (Å²) in [6, 6.07) is 6.22. The normalized spacial score (nSPS) is 11.4. The fourth-order valence-electron chi connectivity index (χ4n) is 1.56. The zero-order chi connectivity index (χ0) is 15.0. The lowest BCUT2D eigenvalue weighted by Crippen LogP contribution is -2.29. The Balaban J connectivity index is 2.47. The van der Waals surface area contributed by atoms with E-state index >= 15 is 0 Å². The lowest BCUT2D eigenvalue weighted by atomic mass is 10.2. The molecule has 0 spiro atoms. The third kappa shape index (κ3) is 6.03. The lowest BCUT2D eigenvalue weighted by molar-refractivity contribution is -0.167. The van der Waals surface area contributed by atoms with Crippen LogP contribution in [-0.2, 0) is 11.3 Å². The number of aliphatic hydroxyl groups excluding tert-OH is 1. The summed E-state index contributed by atoms with van der Waals surface area (Å²) < 4.78 is 36.3. The standard InChI is InChI=1S/C13H17F3N2O2/c14-13(15,16)12(20)18-11-5-3-4-10(8-11)9-17-6-1-2-7-19/h3-5,8,17,19H,1-2,6-7,9H2,(H,18,20). The number of halogens is 3. The molecule has 0 atom stereocenters. The summed E-state index contributed by atoms with van der Waals surface area (Å²) in [6.45, 7) is 1.33. The molecule has 0 saturated carbocycles. The summed E-state index contributed by atoms with van der Waals surface area (Å²) in [5.74, 6) is -1.98. The Kier molecular flexibility index (Phi) is 6.47. The van der Waals surface area contributed by atoms with Crippen molar-refractivity contribution in [3.63, 3.8) is 0 Å². The van der Waals surface area contributed by atoms with Crippen LogP contribution in [0.1, 0.15) is 18.4 Å². The SMILES string of the molecule is O=C(Nc1cccc(CNCCCCO)c1)C(F)(F)F. The van der Waals surface area contributed by atoms with Crippen LogP contribution in [0.15, 0.2) is 24.3 Å². The van der Waals surface area contributed by atoms with Gasteiger partial charge in [-0.1, -0.05) is 12.1 Å². The molecule has 1 rings (SSSR count). The minimum Gasteiger partial charge on any atom is -0.396 e. The molecule has 0 fully saturated rings. The number of rotatable bonds is 7. The molecule has 4 nitrogen and oxygen atoms in total. The molecule has 0 heterocycles. The van der Waals surface area contributed by atoms with Gasteiger partial charge >= 0.3 is 12.1 Å². The van der Waals surface area contributed by atoms with Crippen molar-refractivity contribution in [1.29, 1.82) is 0 Å². The minimum absolute atomic E-state index is 0.113. The number of alkyl halides is 3. The maximum atomic E-state index is 12.1. The Morgan fingerprint density at radius 3 is 2.65 bits per heavy atom. The maximum absolute atomic E-state index is 12.1. The van der Waals surface area contributed by atoms with Crippen molar-refractivity contribution in [3.05, 3.63) is 29.8 Å². The van der Waals surface area contributed by atoms with Crippen LogP contribution in [0.3, 0.4) is 0 Å². The third-order valence-corrected chi connectivity index (χ3v) is 2.53. The molecule has 20 heavy (non-hydrogen) atoms. The van der Waals surface area contributed by atoms with Gasteiger partial charge in [0.1, 0.15) is 0 Å². The molecule has 0 bridgehead atoms. The first kappa shape index (κ1) is 16.5. The van der Waals surface area contributed by atoms with Gasteiger partial charge in [0.15, 0.2) is 0 Å². The fourth-order valence-corrected chi connectivity index (χ4v) is 1.56. The molecule has 0 saturated heterocycles. The number of hydrogen-bond donors (Lipinski definition) is 3. The molecule has 1 aromatic carbocycles. The van der Waals surface area contributed by atoms with Crippen LogP contribution in [0.5, 0.6) is 0 Å². The highest BCUT2D eigenvalue weighted by atomic mass is 19.4. The van der Waals surface area contributed by atoms with Crippen LogP contribution in [0.25, 0.3) is 0 Å². The van der Waals surface area contributed by atoms with Crippen molar-refractivity contribution in [1.82, 2.24) is 5.32 Å². The van der Waals surface area contributed by atoms with Crippen molar-refractivity contribution < 1.29 is 23.1 Å². The topological polar surface area (TPSA) is 61.4 Å². The van der Waals surface area contributed by atoms with E-state index in [1.165, 1.54) is 12.1 Å². The zero-order valence-electron chi connectivity index (χ0n) is 10.8. The number of hydrogen-bond acceptors (Lipinski definition) is 3. The number of carbonyl (C=O) groups excluding carboxylic acids is 1. The van der Waals surface area contributed by atoms with Gasteiger partial charge in [-0.25, -0.2) is 0 Å². The summed E-state index contributed by atoms with van der Waals surface area (Å²) in [5.41, 5.74) is 0.885. The molecule has 0 aliphatic rings. The van der Waals surface area contributed by atoms with Gasteiger partial charge in [0.05, 0.1) is 0 Å². The van der Waals surface area contributed by atoms with Gasteiger partial charge in [0.25, 0.3) is 0 Å². The third-order valence-electron chi connectivity index (χ3n) is 2.53. The summed E-state index contributed by atoms with van der Waals surface area (Å²) in [6.07, 6.45) is -3.37. The molecule has 1 amide bonds. The second kappa shape index (κ2) is 7.86. The summed E-state index contributed by atoms with van der Waals surface area (Å²) >= 11 is 0. The van der Waals surface area contributed by atoms with E-state index in [0.29, 0.717) is 19.5 Å². The van der Waals surface area contributed by atoms with Crippen molar-refractivity contribution >= 4 is 11.6 Å². The fraction of sp³-hybridized carbons (Fsp3) is 0.462. The van der Waals surface area contributed by atoms with Crippen molar-refractivity contribution in [3.8, 4) is 0 Å². The average molecular weight is 290 g/mol. The van der Waals surface area contributed by atoms with Gasteiger partial charge in [-0.2, -0.15) is 13.2 Å².